The predicted octanol–water partition coefficient (Wildman–Crippen LogP) is 0.694. The fourth-order valence-corrected chi connectivity index (χ4v) is 2.86. The highest BCUT2D eigenvalue weighted by Crippen LogP contribution is 2.28. The smallest absolute Gasteiger partial charge is 0.384 e. The Morgan fingerprint density at radius 2 is 2.04 bits per heavy atom. The molecular weight excluding hydrogens is 327 g/mol. The average molecular weight is 349 g/mol. The topological polar surface area (TPSA) is 86.3 Å². The Balaban J connectivity index is 2.09. The molecule has 0 atom stereocenters. The van der Waals surface area contributed by atoms with E-state index in [-0.39, 0.29) is 12.5 Å². The highest BCUT2D eigenvalue weighted by atomic mass is 19.4. The third-order valence-electron chi connectivity index (χ3n) is 3.94. The molecule has 24 heavy (non-hydrogen) atoms. The van der Waals surface area contributed by atoms with Crippen LogP contribution in [0.3, 0.4) is 0 Å². The molecule has 136 valence electrons. The summed E-state index contributed by atoms with van der Waals surface area (Å²) in [5.74, 6) is 0.198. The number of halogens is 3. The lowest BCUT2D eigenvalue weighted by Crippen LogP contribution is -2.39. The number of alkyl halides is 3. The molecule has 1 aromatic heterocycles. The molecule has 0 spiro atoms. The third kappa shape index (κ3) is 5.45. The van der Waals surface area contributed by atoms with E-state index >= 15 is 0 Å². The van der Waals surface area contributed by atoms with Crippen molar-refractivity contribution in [2.45, 2.75) is 37.9 Å². The summed E-state index contributed by atoms with van der Waals surface area (Å²) in [5.41, 5.74) is 5.17. The number of methoxy groups -OCH3 is 1. The van der Waals surface area contributed by atoms with Crippen LogP contribution in [0.25, 0.3) is 0 Å². The van der Waals surface area contributed by atoms with Gasteiger partial charge in [-0.25, -0.2) is 9.67 Å². The van der Waals surface area contributed by atoms with Gasteiger partial charge in [0.15, 0.2) is 5.82 Å². The zero-order valence-corrected chi connectivity index (χ0v) is 13.6. The zero-order valence-electron chi connectivity index (χ0n) is 13.6. The number of carbonyl (C=O) groups is 1. The molecule has 0 radical (unpaired) electrons. The molecule has 1 fully saturated rings. The van der Waals surface area contributed by atoms with Crippen LogP contribution in [0, 0.1) is 0 Å². The van der Waals surface area contributed by atoms with Gasteiger partial charge in [-0.2, -0.15) is 18.3 Å². The number of primary amides is 1. The highest BCUT2D eigenvalue weighted by Gasteiger charge is 2.33. The van der Waals surface area contributed by atoms with E-state index in [1.54, 1.807) is 0 Å². The van der Waals surface area contributed by atoms with Crippen LogP contribution in [0.2, 0.25) is 0 Å². The number of rotatable bonds is 7. The maximum absolute atomic E-state index is 12.8. The van der Waals surface area contributed by atoms with Gasteiger partial charge in [-0.3, -0.25) is 9.69 Å². The zero-order chi connectivity index (χ0) is 17.7. The van der Waals surface area contributed by atoms with Crippen LogP contribution in [0.15, 0.2) is 0 Å². The first kappa shape index (κ1) is 18.7. The van der Waals surface area contributed by atoms with Gasteiger partial charge in [0, 0.05) is 19.4 Å². The maximum Gasteiger partial charge on any atom is 0.408 e. The molecule has 1 aliphatic rings. The van der Waals surface area contributed by atoms with Crippen LogP contribution < -0.4 is 5.73 Å². The lowest BCUT2D eigenvalue weighted by molar-refractivity contribution is -0.143. The second kappa shape index (κ2) is 7.93. The Bertz CT molecular complexity index is 553. The van der Waals surface area contributed by atoms with Crippen molar-refractivity contribution in [2.24, 2.45) is 5.73 Å². The number of piperidine rings is 1. The van der Waals surface area contributed by atoms with Gasteiger partial charge in [0.1, 0.15) is 12.4 Å². The molecule has 2 heterocycles. The number of aromatic nitrogens is 3. The molecule has 0 aromatic carbocycles. The Labute approximate surface area is 138 Å². The molecule has 1 aliphatic heterocycles. The Morgan fingerprint density at radius 3 is 2.58 bits per heavy atom. The van der Waals surface area contributed by atoms with Gasteiger partial charge in [-0.1, -0.05) is 0 Å². The van der Waals surface area contributed by atoms with E-state index in [1.807, 2.05) is 4.90 Å². The van der Waals surface area contributed by atoms with E-state index in [9.17, 15) is 18.0 Å². The summed E-state index contributed by atoms with van der Waals surface area (Å²) >= 11 is 0. The highest BCUT2D eigenvalue weighted by molar-refractivity contribution is 5.75. The Kier molecular flexibility index (Phi) is 6.16. The van der Waals surface area contributed by atoms with E-state index in [0.717, 1.165) is 4.68 Å². The van der Waals surface area contributed by atoms with Crippen molar-refractivity contribution in [1.29, 1.82) is 0 Å². The first-order valence-electron chi connectivity index (χ1n) is 7.78. The number of nitrogens with two attached hydrogens (primary N) is 1. The van der Waals surface area contributed by atoms with Crippen molar-refractivity contribution in [2.75, 3.05) is 33.4 Å². The second-order valence-electron chi connectivity index (χ2n) is 5.92. The minimum absolute atomic E-state index is 0.111. The van der Waals surface area contributed by atoms with Gasteiger partial charge in [0.2, 0.25) is 5.91 Å². The average Bonchev–Trinajstić information content (AvgIpc) is 2.86. The molecular formula is C14H22F3N5O2. The Hall–Kier alpha value is -1.68. The van der Waals surface area contributed by atoms with E-state index < -0.39 is 18.6 Å². The molecule has 2 N–H and O–H groups in total. The normalized spacial score (nSPS) is 17.3. The van der Waals surface area contributed by atoms with Gasteiger partial charge >= 0.3 is 6.18 Å². The van der Waals surface area contributed by atoms with Gasteiger partial charge in [-0.15, -0.1) is 0 Å². The molecule has 0 saturated carbocycles. The molecule has 0 aliphatic carbocycles. The number of ether oxygens (including phenoxy) is 1. The van der Waals surface area contributed by atoms with Crippen LogP contribution in [0.4, 0.5) is 13.2 Å². The summed E-state index contributed by atoms with van der Waals surface area (Å²) in [6, 6.07) is 0. The van der Waals surface area contributed by atoms with Crippen molar-refractivity contribution >= 4 is 5.91 Å². The quantitative estimate of drug-likeness (QED) is 0.783. The largest absolute Gasteiger partial charge is 0.408 e. The number of amides is 1. The number of hydrogen-bond donors (Lipinski definition) is 1. The number of nitrogens with zero attached hydrogens (tertiary/aromatic N) is 4. The molecule has 7 nitrogen and oxygen atoms in total. The van der Waals surface area contributed by atoms with Crippen molar-refractivity contribution in [1.82, 2.24) is 19.7 Å². The van der Waals surface area contributed by atoms with Gasteiger partial charge in [-0.05, 0) is 25.9 Å². The van der Waals surface area contributed by atoms with E-state index in [0.29, 0.717) is 50.6 Å². The van der Waals surface area contributed by atoms with Gasteiger partial charge in [0.25, 0.3) is 0 Å². The first-order valence-corrected chi connectivity index (χ1v) is 7.78. The van der Waals surface area contributed by atoms with E-state index in [1.165, 1.54) is 7.11 Å². The summed E-state index contributed by atoms with van der Waals surface area (Å²) in [5, 5.41) is 3.99. The van der Waals surface area contributed by atoms with Crippen molar-refractivity contribution in [3.8, 4) is 0 Å². The lowest BCUT2D eigenvalue weighted by Gasteiger charge is -2.30. The molecule has 0 bridgehead atoms. The number of likely N-dealkylation sites (tertiary alicyclic amines) is 1. The van der Waals surface area contributed by atoms with Crippen LogP contribution in [-0.4, -0.2) is 65.1 Å². The summed E-state index contributed by atoms with van der Waals surface area (Å²) in [7, 11) is 1.52. The standard InChI is InChI=1S/C14H22F3N5O2/c1-24-7-4-12-19-13(22(20-12)9-14(15,16)17)10-2-5-21(6-3-10)8-11(18)23/h10H,2-9H2,1H3,(H2,18,23). The minimum Gasteiger partial charge on any atom is -0.384 e. The molecule has 0 unspecified atom stereocenters. The van der Waals surface area contributed by atoms with E-state index in [4.69, 9.17) is 10.5 Å². The summed E-state index contributed by atoms with van der Waals surface area (Å²) in [6.45, 7) is 0.567. The number of hydrogen-bond acceptors (Lipinski definition) is 5. The fourth-order valence-electron chi connectivity index (χ4n) is 2.86. The first-order chi connectivity index (χ1) is 11.3. The fraction of sp³-hybridized carbons (Fsp3) is 0.786. The summed E-state index contributed by atoms with van der Waals surface area (Å²) in [4.78, 5) is 17.2. The second-order valence-corrected chi connectivity index (χ2v) is 5.92. The third-order valence-corrected chi connectivity index (χ3v) is 3.94. The predicted molar refractivity (Wildman–Crippen MR) is 79.3 cm³/mol. The molecule has 1 saturated heterocycles. The van der Waals surface area contributed by atoms with Crippen molar-refractivity contribution in [3.05, 3.63) is 11.6 Å². The number of carbonyl (C=O) groups excluding carboxylic acids is 1. The van der Waals surface area contributed by atoms with Crippen molar-refractivity contribution in [3.63, 3.8) is 0 Å². The molecule has 1 amide bonds. The Morgan fingerprint density at radius 1 is 1.38 bits per heavy atom. The lowest BCUT2D eigenvalue weighted by atomic mass is 9.96. The summed E-state index contributed by atoms with van der Waals surface area (Å²) < 4.78 is 44.2. The van der Waals surface area contributed by atoms with Crippen LogP contribution in [0.1, 0.15) is 30.4 Å². The summed E-state index contributed by atoms with van der Waals surface area (Å²) in [6.07, 6.45) is -2.75. The minimum atomic E-state index is -4.35. The molecule has 1 aromatic rings. The van der Waals surface area contributed by atoms with Crippen LogP contribution in [0.5, 0.6) is 0 Å². The van der Waals surface area contributed by atoms with Gasteiger partial charge in [0.05, 0.1) is 13.2 Å². The maximum atomic E-state index is 12.8. The van der Waals surface area contributed by atoms with Crippen LogP contribution >= 0.6 is 0 Å². The van der Waals surface area contributed by atoms with E-state index in [2.05, 4.69) is 10.1 Å². The SMILES string of the molecule is COCCc1nc(C2CCN(CC(N)=O)CC2)n(CC(F)(F)F)n1. The molecule has 2 rings (SSSR count). The van der Waals surface area contributed by atoms with Crippen LogP contribution in [-0.2, 0) is 22.5 Å². The van der Waals surface area contributed by atoms with Gasteiger partial charge < -0.3 is 10.5 Å². The molecule has 10 heteroatoms. The van der Waals surface area contributed by atoms with Crippen molar-refractivity contribution < 1.29 is 22.7 Å². The monoisotopic (exact) mass is 349 g/mol.